The van der Waals surface area contributed by atoms with Gasteiger partial charge in [-0.2, -0.15) is 13.2 Å². The molecule has 21 heavy (non-hydrogen) atoms. The third-order valence-corrected chi connectivity index (χ3v) is 5.11. The van der Waals surface area contributed by atoms with Gasteiger partial charge in [0.05, 0.1) is 11.3 Å². The number of nitrogens with two attached hydrogens (primary N) is 1. The number of anilines is 1. The lowest BCUT2D eigenvalue weighted by Gasteiger charge is -2.10. The highest BCUT2D eigenvalue weighted by atomic mass is 79.9. The van der Waals surface area contributed by atoms with E-state index in [0.29, 0.717) is 27.5 Å². The second kappa shape index (κ2) is 5.28. The molecule has 0 bridgehead atoms. The molecule has 2 N–H and O–H groups in total. The van der Waals surface area contributed by atoms with E-state index in [2.05, 4.69) is 20.9 Å². The van der Waals surface area contributed by atoms with Crippen LogP contribution < -0.4 is 5.73 Å². The molecule has 112 valence electrons. The van der Waals surface area contributed by atoms with Crippen molar-refractivity contribution in [1.82, 2.24) is 4.98 Å². The SMILES string of the molecule is Nc1nc(C2CC2)c(Cc2cc(C(F)(F)F)ccc2Br)s1. The minimum atomic E-state index is -4.33. The van der Waals surface area contributed by atoms with Crippen molar-refractivity contribution < 1.29 is 13.2 Å². The minimum absolute atomic E-state index is 0.422. The van der Waals surface area contributed by atoms with Crippen LogP contribution in [0.4, 0.5) is 18.3 Å². The Kier molecular flexibility index (Phi) is 3.73. The maximum atomic E-state index is 12.8. The van der Waals surface area contributed by atoms with E-state index in [1.54, 1.807) is 0 Å². The standard InChI is InChI=1S/C14H12BrF3N2S/c15-10-4-3-9(14(16,17)18)5-8(10)6-11-12(7-1-2-7)20-13(19)21-11/h3-5,7H,1-2,6H2,(H2,19,20). The lowest BCUT2D eigenvalue weighted by atomic mass is 10.1. The summed E-state index contributed by atoms with van der Waals surface area (Å²) < 4.78 is 39.1. The summed E-state index contributed by atoms with van der Waals surface area (Å²) in [4.78, 5) is 5.30. The molecule has 1 fully saturated rings. The van der Waals surface area contributed by atoms with Crippen molar-refractivity contribution in [2.24, 2.45) is 0 Å². The molecule has 0 radical (unpaired) electrons. The maximum absolute atomic E-state index is 12.8. The molecule has 2 aromatic rings. The van der Waals surface area contributed by atoms with Crippen LogP contribution in [-0.2, 0) is 12.6 Å². The molecule has 1 aromatic heterocycles. The first-order valence-electron chi connectivity index (χ1n) is 6.45. The predicted molar refractivity (Wildman–Crippen MR) is 80.5 cm³/mol. The van der Waals surface area contributed by atoms with Gasteiger partial charge >= 0.3 is 6.18 Å². The first-order chi connectivity index (χ1) is 9.84. The zero-order chi connectivity index (χ0) is 15.2. The molecule has 1 heterocycles. The molecular formula is C14H12BrF3N2S. The van der Waals surface area contributed by atoms with Crippen LogP contribution in [0, 0.1) is 0 Å². The number of nitrogens with zero attached hydrogens (tertiary/aromatic N) is 1. The Morgan fingerprint density at radius 3 is 2.67 bits per heavy atom. The fourth-order valence-electron chi connectivity index (χ4n) is 2.24. The number of hydrogen-bond donors (Lipinski definition) is 1. The van der Waals surface area contributed by atoms with Gasteiger partial charge in [-0.05, 0) is 36.6 Å². The topological polar surface area (TPSA) is 38.9 Å². The summed E-state index contributed by atoms with van der Waals surface area (Å²) in [7, 11) is 0. The normalized spacial score (nSPS) is 15.4. The number of hydrogen-bond acceptors (Lipinski definition) is 3. The number of halogens is 4. The van der Waals surface area contributed by atoms with Gasteiger partial charge < -0.3 is 5.73 Å². The van der Waals surface area contributed by atoms with E-state index in [-0.39, 0.29) is 0 Å². The average Bonchev–Trinajstić information content (AvgIpc) is 3.15. The van der Waals surface area contributed by atoms with E-state index >= 15 is 0 Å². The van der Waals surface area contributed by atoms with Crippen LogP contribution in [0.5, 0.6) is 0 Å². The molecule has 3 rings (SSSR count). The summed E-state index contributed by atoms with van der Waals surface area (Å²) >= 11 is 4.69. The molecule has 1 saturated carbocycles. The fraction of sp³-hybridized carbons (Fsp3) is 0.357. The zero-order valence-electron chi connectivity index (χ0n) is 10.9. The number of benzene rings is 1. The monoisotopic (exact) mass is 376 g/mol. The average molecular weight is 377 g/mol. The van der Waals surface area contributed by atoms with Crippen molar-refractivity contribution in [3.8, 4) is 0 Å². The van der Waals surface area contributed by atoms with Crippen molar-refractivity contribution in [2.45, 2.75) is 31.4 Å². The van der Waals surface area contributed by atoms with E-state index in [4.69, 9.17) is 5.73 Å². The van der Waals surface area contributed by atoms with Crippen molar-refractivity contribution in [3.05, 3.63) is 44.4 Å². The van der Waals surface area contributed by atoms with Gasteiger partial charge in [-0.1, -0.05) is 15.9 Å². The summed E-state index contributed by atoms with van der Waals surface area (Å²) in [5.74, 6) is 0.429. The molecule has 0 amide bonds. The van der Waals surface area contributed by atoms with Crippen LogP contribution in [0.1, 0.15) is 40.5 Å². The van der Waals surface area contributed by atoms with E-state index < -0.39 is 11.7 Å². The van der Waals surface area contributed by atoms with Gasteiger partial charge in [-0.25, -0.2) is 4.98 Å². The summed E-state index contributed by atoms with van der Waals surface area (Å²) in [5, 5.41) is 0.481. The number of nitrogen functional groups attached to an aromatic ring is 1. The minimum Gasteiger partial charge on any atom is -0.375 e. The van der Waals surface area contributed by atoms with Crippen LogP contribution >= 0.6 is 27.3 Å². The highest BCUT2D eigenvalue weighted by Gasteiger charge is 2.32. The van der Waals surface area contributed by atoms with E-state index in [9.17, 15) is 13.2 Å². The molecule has 1 aliphatic carbocycles. The number of rotatable bonds is 3. The smallest absolute Gasteiger partial charge is 0.375 e. The summed E-state index contributed by atoms with van der Waals surface area (Å²) in [6.07, 6.45) is -1.74. The summed E-state index contributed by atoms with van der Waals surface area (Å²) in [6, 6.07) is 3.71. The molecule has 0 aliphatic heterocycles. The Bertz CT molecular complexity index is 677. The highest BCUT2D eigenvalue weighted by molar-refractivity contribution is 9.10. The number of thiazole rings is 1. The quantitative estimate of drug-likeness (QED) is 0.820. The van der Waals surface area contributed by atoms with Gasteiger partial charge in [0, 0.05) is 21.7 Å². The predicted octanol–water partition coefficient (Wildman–Crippen LogP) is 4.97. The molecule has 0 spiro atoms. The molecule has 1 aromatic carbocycles. The Morgan fingerprint density at radius 2 is 2.05 bits per heavy atom. The van der Waals surface area contributed by atoms with Gasteiger partial charge in [-0.15, -0.1) is 11.3 Å². The molecule has 0 saturated heterocycles. The molecular weight excluding hydrogens is 365 g/mol. The van der Waals surface area contributed by atoms with E-state index in [1.807, 2.05) is 0 Å². The van der Waals surface area contributed by atoms with Crippen LogP contribution in [0.2, 0.25) is 0 Å². The van der Waals surface area contributed by atoms with Crippen molar-refractivity contribution >= 4 is 32.4 Å². The van der Waals surface area contributed by atoms with Gasteiger partial charge in [0.25, 0.3) is 0 Å². The Hall–Kier alpha value is -1.08. The Balaban J connectivity index is 1.94. The molecule has 1 aliphatic rings. The van der Waals surface area contributed by atoms with E-state index in [1.165, 1.54) is 23.5 Å². The number of aromatic nitrogens is 1. The lowest BCUT2D eigenvalue weighted by Crippen LogP contribution is -2.06. The third-order valence-electron chi connectivity index (χ3n) is 3.43. The lowest BCUT2D eigenvalue weighted by molar-refractivity contribution is -0.137. The summed E-state index contributed by atoms with van der Waals surface area (Å²) in [5.41, 5.74) is 6.69. The largest absolute Gasteiger partial charge is 0.416 e. The zero-order valence-corrected chi connectivity index (χ0v) is 13.3. The Morgan fingerprint density at radius 1 is 1.33 bits per heavy atom. The van der Waals surface area contributed by atoms with Crippen LogP contribution in [0.15, 0.2) is 22.7 Å². The second-order valence-electron chi connectivity index (χ2n) is 5.12. The van der Waals surface area contributed by atoms with E-state index in [0.717, 1.165) is 29.5 Å². The third kappa shape index (κ3) is 3.23. The highest BCUT2D eigenvalue weighted by Crippen LogP contribution is 2.44. The number of alkyl halides is 3. The first-order valence-corrected chi connectivity index (χ1v) is 8.06. The van der Waals surface area contributed by atoms with Crippen LogP contribution in [0.3, 0.4) is 0 Å². The van der Waals surface area contributed by atoms with Crippen molar-refractivity contribution in [2.75, 3.05) is 5.73 Å². The maximum Gasteiger partial charge on any atom is 0.416 e. The summed E-state index contributed by atoms with van der Waals surface area (Å²) in [6.45, 7) is 0. The van der Waals surface area contributed by atoms with Gasteiger partial charge in [0.1, 0.15) is 0 Å². The van der Waals surface area contributed by atoms with Crippen molar-refractivity contribution in [1.29, 1.82) is 0 Å². The van der Waals surface area contributed by atoms with Crippen LogP contribution in [0.25, 0.3) is 0 Å². The van der Waals surface area contributed by atoms with Gasteiger partial charge in [0.15, 0.2) is 5.13 Å². The molecule has 0 unspecified atom stereocenters. The van der Waals surface area contributed by atoms with Gasteiger partial charge in [0.2, 0.25) is 0 Å². The fourth-order valence-corrected chi connectivity index (χ4v) is 3.57. The molecule has 2 nitrogen and oxygen atoms in total. The second-order valence-corrected chi connectivity index (χ2v) is 7.09. The van der Waals surface area contributed by atoms with Crippen molar-refractivity contribution in [3.63, 3.8) is 0 Å². The molecule has 7 heteroatoms. The Labute approximate surface area is 132 Å². The first kappa shape index (κ1) is 14.8. The van der Waals surface area contributed by atoms with Crippen LogP contribution in [-0.4, -0.2) is 4.98 Å². The molecule has 0 atom stereocenters. The van der Waals surface area contributed by atoms with Gasteiger partial charge in [-0.3, -0.25) is 0 Å².